The lowest BCUT2D eigenvalue weighted by atomic mass is 9.93. The molecular formula is C15H16N4O2S. The van der Waals surface area contributed by atoms with Crippen LogP contribution < -0.4 is 10.3 Å². The lowest BCUT2D eigenvalue weighted by Gasteiger charge is -2.14. The Bertz CT molecular complexity index is 849. The summed E-state index contributed by atoms with van der Waals surface area (Å²) in [7, 11) is 0. The number of benzene rings is 1. The highest BCUT2D eigenvalue weighted by Crippen LogP contribution is 2.18. The molecule has 7 heteroatoms. The average molecular weight is 316 g/mol. The molecule has 0 aliphatic rings. The normalized spacial score (nSPS) is 11.8. The first-order valence-corrected chi connectivity index (χ1v) is 7.70. The Hall–Kier alpha value is -2.28. The van der Waals surface area contributed by atoms with Crippen LogP contribution in [0.5, 0.6) is 5.75 Å². The fourth-order valence-corrected chi connectivity index (χ4v) is 2.69. The van der Waals surface area contributed by atoms with Crippen LogP contribution in [-0.2, 0) is 12.0 Å². The van der Waals surface area contributed by atoms with E-state index in [-0.39, 0.29) is 11.0 Å². The molecule has 0 N–H and O–H groups in total. The van der Waals surface area contributed by atoms with Crippen molar-refractivity contribution < 1.29 is 4.74 Å². The lowest BCUT2D eigenvalue weighted by molar-refractivity contribution is 0.304. The Morgan fingerprint density at radius 2 is 1.91 bits per heavy atom. The van der Waals surface area contributed by atoms with E-state index < -0.39 is 0 Å². The number of rotatable bonds is 3. The first kappa shape index (κ1) is 14.6. The lowest BCUT2D eigenvalue weighted by Crippen LogP contribution is -2.30. The highest BCUT2D eigenvalue weighted by molar-refractivity contribution is 7.16. The van der Waals surface area contributed by atoms with Gasteiger partial charge in [-0.1, -0.05) is 50.3 Å². The maximum absolute atomic E-state index is 12.4. The number of aromatic nitrogens is 4. The molecule has 2 heterocycles. The molecule has 0 aliphatic carbocycles. The predicted molar refractivity (Wildman–Crippen MR) is 84.4 cm³/mol. The Labute approximate surface area is 131 Å². The zero-order valence-corrected chi connectivity index (χ0v) is 13.4. The fraction of sp³-hybridized carbons (Fsp3) is 0.333. The van der Waals surface area contributed by atoms with Gasteiger partial charge in [-0.2, -0.15) is 9.61 Å². The van der Waals surface area contributed by atoms with Crippen LogP contribution in [0.15, 0.2) is 35.1 Å². The van der Waals surface area contributed by atoms with Crippen molar-refractivity contribution in [2.45, 2.75) is 32.8 Å². The minimum atomic E-state index is -0.365. The van der Waals surface area contributed by atoms with Gasteiger partial charge in [0.25, 0.3) is 5.56 Å². The summed E-state index contributed by atoms with van der Waals surface area (Å²) in [6.45, 7) is 6.08. The van der Waals surface area contributed by atoms with Crippen molar-refractivity contribution in [3.8, 4) is 5.75 Å². The Morgan fingerprint density at radius 1 is 1.18 bits per heavy atom. The molecule has 22 heavy (non-hydrogen) atoms. The summed E-state index contributed by atoms with van der Waals surface area (Å²) in [6.07, 6.45) is 0. The van der Waals surface area contributed by atoms with Crippen LogP contribution in [0.3, 0.4) is 0 Å². The predicted octanol–water partition coefficient (Wildman–Crippen LogP) is 2.42. The van der Waals surface area contributed by atoms with Crippen molar-refractivity contribution in [3.63, 3.8) is 0 Å². The largest absolute Gasteiger partial charge is 0.486 e. The summed E-state index contributed by atoms with van der Waals surface area (Å²) in [6, 6.07) is 9.47. The van der Waals surface area contributed by atoms with Gasteiger partial charge in [-0.3, -0.25) is 4.79 Å². The monoisotopic (exact) mass is 316 g/mol. The van der Waals surface area contributed by atoms with E-state index in [9.17, 15) is 4.79 Å². The van der Waals surface area contributed by atoms with Crippen LogP contribution >= 0.6 is 11.3 Å². The van der Waals surface area contributed by atoms with E-state index in [1.807, 2.05) is 51.1 Å². The van der Waals surface area contributed by atoms with Crippen LogP contribution in [0.2, 0.25) is 0 Å². The number of hydrogen-bond donors (Lipinski definition) is 0. The van der Waals surface area contributed by atoms with Gasteiger partial charge >= 0.3 is 0 Å². The van der Waals surface area contributed by atoms with Crippen LogP contribution in [-0.4, -0.2) is 19.8 Å². The van der Waals surface area contributed by atoms with Gasteiger partial charge in [-0.15, -0.1) is 10.2 Å². The molecule has 0 amide bonds. The standard InChI is InChI=1S/C15H16N4O2S/c1-15(2,3)12-13(20)19-14(17-16-12)22-11(18-19)9-21-10-7-5-4-6-8-10/h4-8H,9H2,1-3H3. The van der Waals surface area contributed by atoms with E-state index >= 15 is 0 Å². The highest BCUT2D eigenvalue weighted by Gasteiger charge is 2.23. The Balaban J connectivity index is 1.90. The number of para-hydroxylation sites is 1. The van der Waals surface area contributed by atoms with Gasteiger partial charge in [0.15, 0.2) is 5.01 Å². The van der Waals surface area contributed by atoms with Crippen molar-refractivity contribution in [1.82, 2.24) is 19.8 Å². The number of hydrogen-bond acceptors (Lipinski definition) is 6. The molecule has 2 aromatic heterocycles. The van der Waals surface area contributed by atoms with Gasteiger partial charge in [0.05, 0.1) is 0 Å². The van der Waals surface area contributed by atoms with E-state index in [4.69, 9.17) is 4.74 Å². The van der Waals surface area contributed by atoms with Gasteiger partial charge in [-0.25, -0.2) is 0 Å². The molecule has 0 bridgehead atoms. The molecular weight excluding hydrogens is 300 g/mol. The van der Waals surface area contributed by atoms with Crippen LogP contribution in [0.1, 0.15) is 31.5 Å². The van der Waals surface area contributed by atoms with Crippen molar-refractivity contribution in [2.75, 3.05) is 0 Å². The molecule has 114 valence electrons. The second kappa shape index (κ2) is 5.49. The third kappa shape index (κ3) is 2.85. The van der Waals surface area contributed by atoms with E-state index in [2.05, 4.69) is 15.3 Å². The van der Waals surface area contributed by atoms with Crippen molar-refractivity contribution in [2.24, 2.45) is 0 Å². The zero-order valence-electron chi connectivity index (χ0n) is 12.6. The first-order chi connectivity index (χ1) is 10.4. The minimum absolute atomic E-state index is 0.222. The summed E-state index contributed by atoms with van der Waals surface area (Å²) in [5.41, 5.74) is -0.180. The summed E-state index contributed by atoms with van der Waals surface area (Å²) in [4.78, 5) is 12.9. The molecule has 6 nitrogen and oxygen atoms in total. The fourth-order valence-electron chi connectivity index (χ4n) is 1.95. The summed E-state index contributed by atoms with van der Waals surface area (Å²) >= 11 is 1.30. The zero-order chi connectivity index (χ0) is 15.7. The van der Waals surface area contributed by atoms with E-state index in [1.165, 1.54) is 15.9 Å². The third-order valence-electron chi connectivity index (χ3n) is 3.05. The molecule has 0 radical (unpaired) electrons. The second-order valence-electron chi connectivity index (χ2n) is 5.90. The average Bonchev–Trinajstić information content (AvgIpc) is 2.89. The van der Waals surface area contributed by atoms with Gasteiger partial charge in [-0.05, 0) is 12.1 Å². The molecule has 0 fully saturated rings. The van der Waals surface area contributed by atoms with E-state index in [0.717, 1.165) is 5.75 Å². The summed E-state index contributed by atoms with van der Waals surface area (Å²) < 4.78 is 6.95. The van der Waals surface area contributed by atoms with Gasteiger partial charge in [0.1, 0.15) is 18.1 Å². The first-order valence-electron chi connectivity index (χ1n) is 6.89. The smallest absolute Gasteiger partial charge is 0.297 e. The Morgan fingerprint density at radius 3 is 2.59 bits per heavy atom. The van der Waals surface area contributed by atoms with Crippen LogP contribution in [0.4, 0.5) is 0 Å². The topological polar surface area (TPSA) is 69.4 Å². The maximum Gasteiger partial charge on any atom is 0.297 e. The third-order valence-corrected chi connectivity index (χ3v) is 3.92. The number of fused-ring (bicyclic) bond motifs is 1. The molecule has 1 aromatic carbocycles. The number of nitrogens with zero attached hydrogens (tertiary/aromatic N) is 4. The van der Waals surface area contributed by atoms with Crippen LogP contribution in [0, 0.1) is 0 Å². The second-order valence-corrected chi connectivity index (χ2v) is 6.94. The van der Waals surface area contributed by atoms with E-state index in [0.29, 0.717) is 22.3 Å². The van der Waals surface area contributed by atoms with Crippen molar-refractivity contribution in [1.29, 1.82) is 0 Å². The maximum atomic E-state index is 12.4. The molecule has 3 rings (SSSR count). The molecule has 0 aliphatic heterocycles. The number of ether oxygens (including phenoxy) is 1. The molecule has 0 saturated heterocycles. The Kier molecular flexibility index (Phi) is 3.66. The van der Waals surface area contributed by atoms with Gasteiger partial charge in [0.2, 0.25) is 4.96 Å². The molecule has 0 unspecified atom stereocenters. The molecule has 3 aromatic rings. The molecule has 0 atom stereocenters. The van der Waals surface area contributed by atoms with Crippen molar-refractivity contribution in [3.05, 3.63) is 51.4 Å². The molecule has 0 spiro atoms. The van der Waals surface area contributed by atoms with E-state index in [1.54, 1.807) is 0 Å². The highest BCUT2D eigenvalue weighted by atomic mass is 32.1. The van der Waals surface area contributed by atoms with Crippen LogP contribution in [0.25, 0.3) is 4.96 Å². The summed E-state index contributed by atoms with van der Waals surface area (Å²) in [5.74, 6) is 0.760. The SMILES string of the molecule is CC(C)(C)c1nnc2sc(COc3ccccc3)nn2c1=O. The quantitative estimate of drug-likeness (QED) is 0.742. The minimum Gasteiger partial charge on any atom is -0.486 e. The van der Waals surface area contributed by atoms with Crippen molar-refractivity contribution >= 4 is 16.3 Å². The molecule has 0 saturated carbocycles. The van der Waals surface area contributed by atoms with Gasteiger partial charge < -0.3 is 4.74 Å². The summed E-state index contributed by atoms with van der Waals surface area (Å²) in [5, 5.41) is 13.1. The van der Waals surface area contributed by atoms with Gasteiger partial charge in [0, 0.05) is 5.41 Å².